The van der Waals surface area contributed by atoms with Crippen molar-refractivity contribution in [3.8, 4) is 11.6 Å². The van der Waals surface area contributed by atoms with E-state index in [4.69, 9.17) is 13.7 Å². The summed E-state index contributed by atoms with van der Waals surface area (Å²) < 4.78 is 18.1. The van der Waals surface area contributed by atoms with E-state index in [1.54, 1.807) is 29.4 Å². The molecule has 1 aliphatic rings. The quantitative estimate of drug-likeness (QED) is 0.683. The first-order valence-corrected chi connectivity index (χ1v) is 7.39. The van der Waals surface area contributed by atoms with Gasteiger partial charge in [0.2, 0.25) is 11.7 Å². The fraction of sp³-hybridized carbons (Fsp3) is 0.429. The molecule has 4 heterocycles. The molecule has 120 valence electrons. The van der Waals surface area contributed by atoms with Gasteiger partial charge in [-0.25, -0.2) is 4.98 Å². The molecule has 0 amide bonds. The largest absolute Gasteiger partial charge is 0.461 e. The van der Waals surface area contributed by atoms with Crippen molar-refractivity contribution in [2.24, 2.45) is 0 Å². The van der Waals surface area contributed by atoms with Gasteiger partial charge in [-0.1, -0.05) is 5.16 Å². The molecule has 1 atom stereocenters. The molecule has 9 nitrogen and oxygen atoms in total. The smallest absolute Gasteiger partial charge is 0.241 e. The molecule has 0 saturated carbocycles. The maximum atomic E-state index is 5.77. The number of aromatic nitrogens is 5. The summed E-state index contributed by atoms with van der Waals surface area (Å²) in [6, 6.07) is 3.60. The number of nitrogens with zero attached hydrogens (tertiary/aromatic N) is 6. The van der Waals surface area contributed by atoms with Gasteiger partial charge in [0.1, 0.15) is 12.7 Å². The van der Waals surface area contributed by atoms with Crippen molar-refractivity contribution in [3.05, 3.63) is 36.9 Å². The average molecular weight is 316 g/mol. The Balaban J connectivity index is 1.37. The number of rotatable bonds is 5. The molecule has 0 spiro atoms. The SMILES string of the molecule is c1coc(-c2noc(CN3CCO[C@H](Cn4cncn4)C3)n2)c1. The second-order valence-corrected chi connectivity index (χ2v) is 5.33. The van der Waals surface area contributed by atoms with Crippen LogP contribution >= 0.6 is 0 Å². The number of hydrogen-bond donors (Lipinski definition) is 0. The first kappa shape index (κ1) is 14.1. The molecule has 0 aromatic carbocycles. The van der Waals surface area contributed by atoms with Crippen LogP contribution in [0.4, 0.5) is 0 Å². The molecular weight excluding hydrogens is 300 g/mol. The Morgan fingerprint density at radius 1 is 1.35 bits per heavy atom. The highest BCUT2D eigenvalue weighted by atomic mass is 16.5. The van der Waals surface area contributed by atoms with Gasteiger partial charge in [0.15, 0.2) is 5.76 Å². The highest BCUT2D eigenvalue weighted by Crippen LogP contribution is 2.17. The third kappa shape index (κ3) is 3.30. The van der Waals surface area contributed by atoms with Gasteiger partial charge >= 0.3 is 0 Å². The van der Waals surface area contributed by atoms with Crippen molar-refractivity contribution in [2.45, 2.75) is 19.2 Å². The molecule has 9 heteroatoms. The topological polar surface area (TPSA) is 95.2 Å². The maximum absolute atomic E-state index is 5.77. The minimum Gasteiger partial charge on any atom is -0.461 e. The lowest BCUT2D eigenvalue weighted by Gasteiger charge is -2.31. The van der Waals surface area contributed by atoms with Crippen LogP contribution in [0.25, 0.3) is 11.6 Å². The molecule has 0 N–H and O–H groups in total. The Kier molecular flexibility index (Phi) is 3.86. The second kappa shape index (κ2) is 6.31. The van der Waals surface area contributed by atoms with E-state index in [0.29, 0.717) is 37.2 Å². The summed E-state index contributed by atoms with van der Waals surface area (Å²) in [5, 5.41) is 8.05. The third-order valence-corrected chi connectivity index (χ3v) is 3.65. The van der Waals surface area contributed by atoms with Crippen molar-refractivity contribution in [2.75, 3.05) is 19.7 Å². The van der Waals surface area contributed by atoms with E-state index in [0.717, 1.165) is 13.1 Å². The van der Waals surface area contributed by atoms with E-state index < -0.39 is 0 Å². The van der Waals surface area contributed by atoms with Gasteiger partial charge in [-0.05, 0) is 12.1 Å². The molecule has 3 aromatic heterocycles. The summed E-state index contributed by atoms with van der Waals surface area (Å²) in [6.45, 7) is 3.53. The highest BCUT2D eigenvalue weighted by Gasteiger charge is 2.23. The molecule has 1 saturated heterocycles. The van der Waals surface area contributed by atoms with Gasteiger partial charge in [-0.2, -0.15) is 10.1 Å². The van der Waals surface area contributed by atoms with Crippen LogP contribution in [-0.2, 0) is 17.8 Å². The Labute approximate surface area is 131 Å². The van der Waals surface area contributed by atoms with Gasteiger partial charge in [-0.3, -0.25) is 9.58 Å². The van der Waals surface area contributed by atoms with Gasteiger partial charge in [-0.15, -0.1) is 0 Å². The van der Waals surface area contributed by atoms with E-state index in [9.17, 15) is 0 Å². The minimum absolute atomic E-state index is 0.0675. The maximum Gasteiger partial charge on any atom is 0.241 e. The molecule has 0 unspecified atom stereocenters. The zero-order valence-corrected chi connectivity index (χ0v) is 12.4. The monoisotopic (exact) mass is 316 g/mol. The standard InChI is InChI=1S/C14H16N6O3/c1-2-12(22-4-1)14-17-13(23-18-14)8-19-3-5-21-11(6-19)7-20-10-15-9-16-20/h1-2,4,9-11H,3,5-8H2/t11-/m0/s1. The minimum atomic E-state index is 0.0675. The highest BCUT2D eigenvalue weighted by molar-refractivity contribution is 5.44. The van der Waals surface area contributed by atoms with Crippen LogP contribution in [0.3, 0.4) is 0 Å². The summed E-state index contributed by atoms with van der Waals surface area (Å²) in [6.07, 6.45) is 4.87. The second-order valence-electron chi connectivity index (χ2n) is 5.33. The summed E-state index contributed by atoms with van der Waals surface area (Å²) in [4.78, 5) is 10.5. The molecule has 0 radical (unpaired) electrons. The first-order valence-electron chi connectivity index (χ1n) is 7.39. The van der Waals surface area contributed by atoms with Crippen LogP contribution in [-0.4, -0.2) is 55.6 Å². The molecular formula is C14H16N6O3. The molecule has 23 heavy (non-hydrogen) atoms. The zero-order valence-electron chi connectivity index (χ0n) is 12.4. The summed E-state index contributed by atoms with van der Waals surface area (Å²) in [7, 11) is 0. The van der Waals surface area contributed by atoms with Crippen molar-refractivity contribution in [1.29, 1.82) is 0 Å². The van der Waals surface area contributed by atoms with E-state index in [1.807, 2.05) is 0 Å². The fourth-order valence-corrected chi connectivity index (χ4v) is 2.59. The lowest BCUT2D eigenvalue weighted by atomic mass is 10.2. The van der Waals surface area contributed by atoms with Crippen LogP contribution in [0.5, 0.6) is 0 Å². The predicted octanol–water partition coefficient (Wildman–Crippen LogP) is 0.822. The Morgan fingerprint density at radius 3 is 3.17 bits per heavy atom. The van der Waals surface area contributed by atoms with Gasteiger partial charge in [0, 0.05) is 13.1 Å². The van der Waals surface area contributed by atoms with Crippen LogP contribution in [0.15, 0.2) is 40.0 Å². The van der Waals surface area contributed by atoms with Gasteiger partial charge in [0.25, 0.3) is 0 Å². The van der Waals surface area contributed by atoms with E-state index in [2.05, 4.69) is 25.1 Å². The molecule has 0 aliphatic carbocycles. The van der Waals surface area contributed by atoms with E-state index in [-0.39, 0.29) is 6.10 Å². The molecule has 0 bridgehead atoms. The first-order chi connectivity index (χ1) is 11.4. The Hall–Kier alpha value is -2.52. The molecule has 4 rings (SSSR count). The molecule has 1 aliphatic heterocycles. The molecule has 1 fully saturated rings. The average Bonchev–Trinajstić information content (AvgIpc) is 3.30. The lowest BCUT2D eigenvalue weighted by Crippen LogP contribution is -2.43. The number of hydrogen-bond acceptors (Lipinski definition) is 8. The van der Waals surface area contributed by atoms with Crippen molar-refractivity contribution in [1.82, 2.24) is 29.8 Å². The van der Waals surface area contributed by atoms with Crippen LogP contribution in [0.1, 0.15) is 5.89 Å². The lowest BCUT2D eigenvalue weighted by molar-refractivity contribution is -0.0426. The summed E-state index contributed by atoms with van der Waals surface area (Å²) in [5.41, 5.74) is 0. The number of ether oxygens (including phenoxy) is 1. The van der Waals surface area contributed by atoms with E-state index in [1.165, 1.54) is 6.33 Å². The van der Waals surface area contributed by atoms with Crippen molar-refractivity contribution >= 4 is 0 Å². The Morgan fingerprint density at radius 2 is 2.35 bits per heavy atom. The molecule has 3 aromatic rings. The van der Waals surface area contributed by atoms with E-state index >= 15 is 0 Å². The normalized spacial score (nSPS) is 19.2. The summed E-state index contributed by atoms with van der Waals surface area (Å²) in [5.74, 6) is 1.64. The van der Waals surface area contributed by atoms with Crippen molar-refractivity contribution < 1.29 is 13.7 Å². The van der Waals surface area contributed by atoms with Crippen molar-refractivity contribution in [3.63, 3.8) is 0 Å². The Bertz CT molecular complexity index is 724. The van der Waals surface area contributed by atoms with Gasteiger partial charge in [0.05, 0.1) is 32.1 Å². The van der Waals surface area contributed by atoms with Gasteiger partial charge < -0.3 is 13.7 Å². The number of furan rings is 1. The number of morpholine rings is 1. The van der Waals surface area contributed by atoms with Crippen LogP contribution in [0, 0.1) is 0 Å². The van der Waals surface area contributed by atoms with Crippen LogP contribution in [0.2, 0.25) is 0 Å². The third-order valence-electron chi connectivity index (χ3n) is 3.65. The fourth-order valence-electron chi connectivity index (χ4n) is 2.59. The zero-order chi connectivity index (χ0) is 15.5. The summed E-state index contributed by atoms with van der Waals surface area (Å²) >= 11 is 0. The predicted molar refractivity (Wildman–Crippen MR) is 77.0 cm³/mol. The van der Waals surface area contributed by atoms with Crippen LogP contribution < -0.4 is 0 Å².